The maximum Gasteiger partial charge on any atom is 0.134 e. The molecule has 0 fully saturated rings. The Kier molecular flexibility index (Phi) is 3.78. The molecule has 2 aromatic rings. The van der Waals surface area contributed by atoms with Gasteiger partial charge in [-0.25, -0.2) is 0 Å². The lowest BCUT2D eigenvalue weighted by Crippen LogP contribution is -2.30. The van der Waals surface area contributed by atoms with Gasteiger partial charge in [0.05, 0.1) is 6.61 Å². The standard InChI is InChI=1S/C13H18N2O2/c1-9-13(11(8-14)15-6-7-16)10-4-2-3-5-12(10)17-9/h2-5,11,15-16H,6-8,14H2,1H3. The van der Waals surface area contributed by atoms with Crippen molar-refractivity contribution < 1.29 is 9.52 Å². The second-order valence-electron chi connectivity index (χ2n) is 4.03. The highest BCUT2D eigenvalue weighted by atomic mass is 16.3. The Morgan fingerprint density at radius 1 is 1.41 bits per heavy atom. The van der Waals surface area contributed by atoms with Crippen LogP contribution in [0.3, 0.4) is 0 Å². The SMILES string of the molecule is Cc1oc2ccccc2c1C(CN)NCCO. The van der Waals surface area contributed by atoms with Gasteiger partial charge in [-0.3, -0.25) is 0 Å². The fraction of sp³-hybridized carbons (Fsp3) is 0.385. The molecule has 4 N–H and O–H groups in total. The van der Waals surface area contributed by atoms with E-state index in [1.807, 2.05) is 31.2 Å². The first-order valence-electron chi connectivity index (χ1n) is 5.80. The normalized spacial score (nSPS) is 13.1. The molecule has 0 saturated carbocycles. The number of aryl methyl sites for hydroxylation is 1. The highest BCUT2D eigenvalue weighted by molar-refractivity contribution is 5.82. The number of para-hydroxylation sites is 1. The van der Waals surface area contributed by atoms with Crippen molar-refractivity contribution in [1.29, 1.82) is 0 Å². The molecule has 92 valence electrons. The minimum Gasteiger partial charge on any atom is -0.461 e. The van der Waals surface area contributed by atoms with Crippen molar-refractivity contribution in [3.05, 3.63) is 35.6 Å². The molecule has 0 bridgehead atoms. The molecule has 0 radical (unpaired) electrons. The summed E-state index contributed by atoms with van der Waals surface area (Å²) in [6, 6.07) is 7.94. The number of hydrogen-bond donors (Lipinski definition) is 3. The maximum absolute atomic E-state index is 8.86. The van der Waals surface area contributed by atoms with E-state index in [-0.39, 0.29) is 12.6 Å². The summed E-state index contributed by atoms with van der Waals surface area (Å²) in [4.78, 5) is 0. The number of furan rings is 1. The summed E-state index contributed by atoms with van der Waals surface area (Å²) in [5.41, 5.74) is 7.75. The van der Waals surface area contributed by atoms with Gasteiger partial charge in [0.1, 0.15) is 11.3 Å². The second kappa shape index (κ2) is 5.31. The van der Waals surface area contributed by atoms with Crippen molar-refractivity contribution in [2.45, 2.75) is 13.0 Å². The lowest BCUT2D eigenvalue weighted by atomic mass is 10.0. The minimum absolute atomic E-state index is 0.0193. The van der Waals surface area contributed by atoms with Crippen LogP contribution in [0.25, 0.3) is 11.0 Å². The van der Waals surface area contributed by atoms with E-state index < -0.39 is 0 Å². The summed E-state index contributed by atoms with van der Waals surface area (Å²) >= 11 is 0. The van der Waals surface area contributed by atoms with Crippen molar-refractivity contribution in [3.63, 3.8) is 0 Å². The van der Waals surface area contributed by atoms with Crippen LogP contribution in [0.4, 0.5) is 0 Å². The molecule has 0 amide bonds. The predicted octanol–water partition coefficient (Wildman–Crippen LogP) is 1.32. The van der Waals surface area contributed by atoms with Crippen LogP contribution in [0, 0.1) is 6.92 Å². The smallest absolute Gasteiger partial charge is 0.134 e. The Labute approximate surface area is 100 Å². The molecule has 2 rings (SSSR count). The van der Waals surface area contributed by atoms with E-state index in [0.717, 1.165) is 22.3 Å². The van der Waals surface area contributed by atoms with Gasteiger partial charge in [0.25, 0.3) is 0 Å². The zero-order chi connectivity index (χ0) is 12.3. The van der Waals surface area contributed by atoms with E-state index in [9.17, 15) is 0 Å². The second-order valence-corrected chi connectivity index (χ2v) is 4.03. The van der Waals surface area contributed by atoms with Gasteiger partial charge < -0.3 is 20.6 Å². The number of hydrogen-bond acceptors (Lipinski definition) is 4. The third-order valence-corrected chi connectivity index (χ3v) is 2.91. The Morgan fingerprint density at radius 3 is 2.88 bits per heavy atom. The lowest BCUT2D eigenvalue weighted by Gasteiger charge is -2.16. The third kappa shape index (κ3) is 2.34. The predicted molar refractivity (Wildman–Crippen MR) is 67.8 cm³/mol. The molecule has 0 aliphatic rings. The van der Waals surface area contributed by atoms with Gasteiger partial charge in [-0.05, 0) is 13.0 Å². The first kappa shape index (κ1) is 12.1. The van der Waals surface area contributed by atoms with Crippen molar-refractivity contribution in [1.82, 2.24) is 5.32 Å². The molecule has 1 atom stereocenters. The summed E-state index contributed by atoms with van der Waals surface area (Å²) in [6.45, 7) is 3.05. The van der Waals surface area contributed by atoms with Crippen LogP contribution in [0.5, 0.6) is 0 Å². The molecular formula is C13H18N2O2. The highest BCUT2D eigenvalue weighted by Crippen LogP contribution is 2.29. The van der Waals surface area contributed by atoms with Gasteiger partial charge in [0, 0.05) is 30.1 Å². The zero-order valence-electron chi connectivity index (χ0n) is 9.94. The van der Waals surface area contributed by atoms with Gasteiger partial charge in [-0.1, -0.05) is 18.2 Å². The molecule has 0 aliphatic heterocycles. The van der Waals surface area contributed by atoms with Crippen molar-refractivity contribution in [2.75, 3.05) is 19.7 Å². The van der Waals surface area contributed by atoms with Crippen LogP contribution >= 0.6 is 0 Å². The van der Waals surface area contributed by atoms with Crippen LogP contribution < -0.4 is 11.1 Å². The average Bonchev–Trinajstić information content (AvgIpc) is 2.67. The molecule has 1 unspecified atom stereocenters. The van der Waals surface area contributed by atoms with E-state index in [4.69, 9.17) is 15.3 Å². The topological polar surface area (TPSA) is 71.4 Å². The number of aliphatic hydroxyl groups is 1. The fourth-order valence-corrected chi connectivity index (χ4v) is 2.16. The third-order valence-electron chi connectivity index (χ3n) is 2.91. The molecule has 4 nitrogen and oxygen atoms in total. The van der Waals surface area contributed by atoms with Crippen molar-refractivity contribution >= 4 is 11.0 Å². The number of rotatable bonds is 5. The molecule has 1 heterocycles. The van der Waals surface area contributed by atoms with E-state index in [1.54, 1.807) is 0 Å². The van der Waals surface area contributed by atoms with E-state index in [1.165, 1.54) is 0 Å². The Balaban J connectivity index is 2.41. The maximum atomic E-state index is 8.86. The lowest BCUT2D eigenvalue weighted by molar-refractivity contribution is 0.285. The highest BCUT2D eigenvalue weighted by Gasteiger charge is 2.18. The van der Waals surface area contributed by atoms with Gasteiger partial charge in [-0.15, -0.1) is 0 Å². The fourth-order valence-electron chi connectivity index (χ4n) is 2.16. The first-order chi connectivity index (χ1) is 8.27. The Bertz CT molecular complexity index is 493. The molecule has 17 heavy (non-hydrogen) atoms. The molecular weight excluding hydrogens is 216 g/mol. The number of aliphatic hydroxyl groups excluding tert-OH is 1. The Morgan fingerprint density at radius 2 is 2.18 bits per heavy atom. The van der Waals surface area contributed by atoms with Crippen molar-refractivity contribution in [3.8, 4) is 0 Å². The van der Waals surface area contributed by atoms with Crippen LogP contribution in [-0.4, -0.2) is 24.8 Å². The largest absolute Gasteiger partial charge is 0.461 e. The van der Waals surface area contributed by atoms with E-state index in [0.29, 0.717) is 13.1 Å². The average molecular weight is 234 g/mol. The number of fused-ring (bicyclic) bond motifs is 1. The van der Waals surface area contributed by atoms with Crippen LogP contribution in [0.2, 0.25) is 0 Å². The summed E-state index contributed by atoms with van der Waals surface area (Å²) < 4.78 is 5.70. The zero-order valence-corrected chi connectivity index (χ0v) is 9.94. The molecule has 4 heteroatoms. The van der Waals surface area contributed by atoms with Gasteiger partial charge in [0.15, 0.2) is 0 Å². The molecule has 0 aliphatic carbocycles. The summed E-state index contributed by atoms with van der Waals surface area (Å²) in [6.07, 6.45) is 0. The molecule has 0 spiro atoms. The van der Waals surface area contributed by atoms with E-state index >= 15 is 0 Å². The van der Waals surface area contributed by atoms with Gasteiger partial charge in [0.2, 0.25) is 0 Å². The molecule has 1 aromatic carbocycles. The van der Waals surface area contributed by atoms with Crippen LogP contribution in [0.1, 0.15) is 17.4 Å². The number of benzene rings is 1. The van der Waals surface area contributed by atoms with Crippen LogP contribution in [-0.2, 0) is 0 Å². The monoisotopic (exact) mass is 234 g/mol. The summed E-state index contributed by atoms with van der Waals surface area (Å²) in [7, 11) is 0. The van der Waals surface area contributed by atoms with Crippen LogP contribution in [0.15, 0.2) is 28.7 Å². The molecule has 1 aromatic heterocycles. The first-order valence-corrected chi connectivity index (χ1v) is 5.80. The van der Waals surface area contributed by atoms with Gasteiger partial charge in [-0.2, -0.15) is 0 Å². The van der Waals surface area contributed by atoms with Crippen molar-refractivity contribution in [2.24, 2.45) is 5.73 Å². The minimum atomic E-state index is 0.0193. The summed E-state index contributed by atoms with van der Waals surface area (Å²) in [5.74, 6) is 0.882. The molecule has 0 saturated heterocycles. The summed E-state index contributed by atoms with van der Waals surface area (Å²) in [5, 5.41) is 13.2. The van der Waals surface area contributed by atoms with Gasteiger partial charge >= 0.3 is 0 Å². The number of nitrogens with one attached hydrogen (secondary N) is 1. The quantitative estimate of drug-likeness (QED) is 0.729. The number of nitrogens with two attached hydrogens (primary N) is 1. The van der Waals surface area contributed by atoms with E-state index in [2.05, 4.69) is 5.32 Å². The Hall–Kier alpha value is -1.36.